The number of hydrogen-bond donors (Lipinski definition) is 0. The van der Waals surface area contributed by atoms with Crippen molar-refractivity contribution in [2.24, 2.45) is 0 Å². The third kappa shape index (κ3) is 1.92. The van der Waals surface area contributed by atoms with Crippen molar-refractivity contribution in [3.63, 3.8) is 0 Å². The first-order chi connectivity index (χ1) is 10.6. The highest BCUT2D eigenvalue weighted by atomic mass is 79.9. The lowest BCUT2D eigenvalue weighted by Crippen LogP contribution is -2.23. The topological polar surface area (TPSA) is 34.1 Å². The normalized spacial score (nSPS) is 14.3. The van der Waals surface area contributed by atoms with E-state index in [9.17, 15) is 9.59 Å². The van der Waals surface area contributed by atoms with Gasteiger partial charge in [0.2, 0.25) is 0 Å². The molecule has 0 fully saturated rings. The lowest BCUT2D eigenvalue weighted by atomic mass is 9.73. The highest BCUT2D eigenvalue weighted by Gasteiger charge is 2.41. The molecular formula is C19H17BrO2. The zero-order valence-electron chi connectivity index (χ0n) is 12.7. The average Bonchev–Trinajstić information content (AvgIpc) is 2.83. The molecule has 2 aromatic carbocycles. The van der Waals surface area contributed by atoms with Gasteiger partial charge in [0, 0.05) is 21.0 Å². The minimum Gasteiger partial charge on any atom is -0.298 e. The first-order valence-electron chi connectivity index (χ1n) is 7.50. The van der Waals surface area contributed by atoms with Crippen molar-refractivity contribution in [1.29, 1.82) is 0 Å². The number of rotatable bonds is 4. The van der Waals surface area contributed by atoms with E-state index in [1.165, 1.54) is 5.56 Å². The van der Waals surface area contributed by atoms with Crippen molar-refractivity contribution in [1.82, 2.24) is 0 Å². The molecular weight excluding hydrogens is 340 g/mol. The van der Waals surface area contributed by atoms with Gasteiger partial charge >= 0.3 is 0 Å². The van der Waals surface area contributed by atoms with Gasteiger partial charge in [0.25, 0.3) is 0 Å². The van der Waals surface area contributed by atoms with Crippen LogP contribution in [0, 0.1) is 0 Å². The predicted octanol–water partition coefficient (Wildman–Crippen LogP) is 5.16. The maximum absolute atomic E-state index is 11.6. The van der Waals surface area contributed by atoms with Gasteiger partial charge in [-0.05, 0) is 59.4 Å². The van der Waals surface area contributed by atoms with Crippen LogP contribution in [0.15, 0.2) is 34.8 Å². The summed E-state index contributed by atoms with van der Waals surface area (Å²) in [5.41, 5.74) is 5.50. The van der Waals surface area contributed by atoms with Gasteiger partial charge in [-0.2, -0.15) is 0 Å². The average molecular weight is 357 g/mol. The van der Waals surface area contributed by atoms with Gasteiger partial charge < -0.3 is 0 Å². The molecule has 0 atom stereocenters. The van der Waals surface area contributed by atoms with Gasteiger partial charge in [0.05, 0.1) is 0 Å². The fraction of sp³-hybridized carbons (Fsp3) is 0.263. The molecule has 112 valence electrons. The third-order valence-electron chi connectivity index (χ3n) is 4.94. The highest BCUT2D eigenvalue weighted by molar-refractivity contribution is 9.10. The molecule has 0 unspecified atom stereocenters. The van der Waals surface area contributed by atoms with Crippen molar-refractivity contribution in [3.8, 4) is 11.1 Å². The van der Waals surface area contributed by atoms with Crippen LogP contribution < -0.4 is 0 Å². The van der Waals surface area contributed by atoms with Gasteiger partial charge in [0.15, 0.2) is 6.29 Å². The summed E-state index contributed by atoms with van der Waals surface area (Å²) in [6.07, 6.45) is 3.54. The van der Waals surface area contributed by atoms with E-state index in [2.05, 4.69) is 41.9 Å². The summed E-state index contributed by atoms with van der Waals surface area (Å²) >= 11 is 3.56. The summed E-state index contributed by atoms with van der Waals surface area (Å²) in [6, 6.07) is 9.87. The molecule has 3 rings (SSSR count). The molecule has 2 nitrogen and oxygen atoms in total. The van der Waals surface area contributed by atoms with Crippen molar-refractivity contribution in [2.45, 2.75) is 32.1 Å². The zero-order chi connectivity index (χ0) is 15.9. The van der Waals surface area contributed by atoms with Gasteiger partial charge in [-0.25, -0.2) is 0 Å². The maximum Gasteiger partial charge on any atom is 0.150 e. The molecule has 2 aromatic rings. The van der Waals surface area contributed by atoms with Gasteiger partial charge in [-0.1, -0.05) is 35.8 Å². The molecule has 0 amide bonds. The Balaban J connectivity index is 2.46. The van der Waals surface area contributed by atoms with Crippen LogP contribution in [-0.2, 0) is 5.41 Å². The summed E-state index contributed by atoms with van der Waals surface area (Å²) in [5, 5.41) is 0. The van der Waals surface area contributed by atoms with Crippen LogP contribution in [0.25, 0.3) is 11.1 Å². The van der Waals surface area contributed by atoms with E-state index in [1.807, 2.05) is 12.1 Å². The van der Waals surface area contributed by atoms with Crippen molar-refractivity contribution in [2.75, 3.05) is 0 Å². The molecule has 1 aliphatic carbocycles. The van der Waals surface area contributed by atoms with Crippen molar-refractivity contribution >= 4 is 28.5 Å². The van der Waals surface area contributed by atoms with E-state index >= 15 is 0 Å². The van der Waals surface area contributed by atoms with Crippen molar-refractivity contribution in [3.05, 3.63) is 57.1 Å². The third-order valence-corrected chi connectivity index (χ3v) is 5.44. The van der Waals surface area contributed by atoms with Crippen LogP contribution in [0.1, 0.15) is 58.5 Å². The Morgan fingerprint density at radius 1 is 1.00 bits per heavy atom. The Kier molecular flexibility index (Phi) is 3.77. The summed E-state index contributed by atoms with van der Waals surface area (Å²) in [7, 11) is 0. The van der Waals surface area contributed by atoms with Gasteiger partial charge in [-0.15, -0.1) is 0 Å². The van der Waals surface area contributed by atoms with E-state index in [-0.39, 0.29) is 5.41 Å². The number of carbonyl (C=O) groups is 2. The van der Waals surface area contributed by atoms with E-state index in [1.54, 1.807) is 6.07 Å². The van der Waals surface area contributed by atoms with Crippen LogP contribution in [-0.4, -0.2) is 12.6 Å². The van der Waals surface area contributed by atoms with Crippen LogP contribution in [0.5, 0.6) is 0 Å². The fourth-order valence-corrected chi connectivity index (χ4v) is 4.18. The first-order valence-corrected chi connectivity index (χ1v) is 8.29. The molecule has 1 aliphatic rings. The van der Waals surface area contributed by atoms with Gasteiger partial charge in [-0.3, -0.25) is 9.59 Å². The monoisotopic (exact) mass is 356 g/mol. The minimum atomic E-state index is -0.134. The Morgan fingerprint density at radius 3 is 2.32 bits per heavy atom. The Bertz CT molecular complexity index is 773. The molecule has 0 aliphatic heterocycles. The summed E-state index contributed by atoms with van der Waals surface area (Å²) in [6.45, 7) is 4.33. The molecule has 3 heteroatoms. The number of hydrogen-bond acceptors (Lipinski definition) is 2. The first kappa shape index (κ1) is 15.2. The number of benzene rings is 2. The second-order valence-corrected chi connectivity index (χ2v) is 6.66. The largest absolute Gasteiger partial charge is 0.298 e. The molecule has 0 N–H and O–H groups in total. The molecule has 22 heavy (non-hydrogen) atoms. The number of carbonyl (C=O) groups excluding carboxylic acids is 2. The van der Waals surface area contributed by atoms with Crippen LogP contribution in [0.3, 0.4) is 0 Å². The van der Waals surface area contributed by atoms with Crippen molar-refractivity contribution < 1.29 is 9.59 Å². The Labute approximate surface area is 138 Å². The molecule has 0 aromatic heterocycles. The smallest absolute Gasteiger partial charge is 0.150 e. The number of fused-ring (bicyclic) bond motifs is 3. The fourth-order valence-electron chi connectivity index (χ4n) is 3.81. The van der Waals surface area contributed by atoms with Crippen LogP contribution >= 0.6 is 15.9 Å². The molecule has 0 saturated carbocycles. The quantitative estimate of drug-likeness (QED) is 0.709. The van der Waals surface area contributed by atoms with Crippen LogP contribution in [0.4, 0.5) is 0 Å². The number of aldehydes is 2. The van der Waals surface area contributed by atoms with Gasteiger partial charge in [0.1, 0.15) is 6.29 Å². The summed E-state index contributed by atoms with van der Waals surface area (Å²) in [4.78, 5) is 22.8. The standard InChI is InChI=1S/C19H17BrO2/c1-3-19(4-2)16-9-14(20)5-6-15(16)18-13(11-22)7-12(10-21)8-17(18)19/h5-11H,3-4H2,1-2H3. The van der Waals surface area contributed by atoms with E-state index in [0.29, 0.717) is 11.1 Å². The second kappa shape index (κ2) is 5.47. The van der Waals surface area contributed by atoms with Crippen LogP contribution in [0.2, 0.25) is 0 Å². The second-order valence-electron chi connectivity index (χ2n) is 5.75. The Hall–Kier alpha value is -1.74. The maximum atomic E-state index is 11.6. The lowest BCUT2D eigenvalue weighted by molar-refractivity contribution is 0.112. The molecule has 0 spiro atoms. The zero-order valence-corrected chi connectivity index (χ0v) is 14.2. The van der Waals surface area contributed by atoms with E-state index in [4.69, 9.17) is 0 Å². The van der Waals surface area contributed by atoms with E-state index in [0.717, 1.165) is 46.6 Å². The highest BCUT2D eigenvalue weighted by Crippen LogP contribution is 2.54. The molecule has 0 heterocycles. The summed E-state index contributed by atoms with van der Waals surface area (Å²) in [5.74, 6) is 0. The minimum absolute atomic E-state index is 0.134. The van der Waals surface area contributed by atoms with E-state index < -0.39 is 0 Å². The predicted molar refractivity (Wildman–Crippen MR) is 91.7 cm³/mol. The SMILES string of the molecule is CCC1(CC)c2cc(Br)ccc2-c2c(C=O)cc(C=O)cc21. The lowest BCUT2D eigenvalue weighted by Gasteiger charge is -2.30. The molecule has 0 bridgehead atoms. The number of halogens is 1. The summed E-state index contributed by atoms with van der Waals surface area (Å²) < 4.78 is 1.04. The Morgan fingerprint density at radius 2 is 1.73 bits per heavy atom. The molecule has 0 saturated heterocycles. The molecule has 0 radical (unpaired) electrons.